The molecule has 96 valence electrons. The summed E-state index contributed by atoms with van der Waals surface area (Å²) in [7, 11) is 0. The van der Waals surface area contributed by atoms with Gasteiger partial charge in [-0.05, 0) is 25.0 Å². The molecule has 0 spiro atoms. The minimum atomic E-state index is 0.0888. The molecule has 5 heteroatoms. The molecule has 0 atom stereocenters. The Morgan fingerprint density at radius 1 is 1.32 bits per heavy atom. The van der Waals surface area contributed by atoms with E-state index in [-0.39, 0.29) is 5.56 Å². The van der Waals surface area contributed by atoms with Gasteiger partial charge in [0.15, 0.2) is 0 Å². The lowest BCUT2D eigenvalue weighted by molar-refractivity contribution is 0.653. The molecule has 19 heavy (non-hydrogen) atoms. The van der Waals surface area contributed by atoms with Crippen LogP contribution < -0.4 is 5.56 Å². The standard InChI is InChI=1S/C14H13N3OS/c18-14-11-3-1-2-4-12(11)19-17(14)9-13-15-7-8-16(13)10-5-6-10/h1-4,7-8,10H,5-6,9H2. The van der Waals surface area contributed by atoms with Gasteiger partial charge in [-0.25, -0.2) is 4.98 Å². The van der Waals surface area contributed by atoms with Crippen LogP contribution in [0.15, 0.2) is 41.5 Å². The zero-order chi connectivity index (χ0) is 12.8. The molecular formula is C14H13N3OS. The maximum atomic E-state index is 12.3. The summed E-state index contributed by atoms with van der Waals surface area (Å²) in [5.74, 6) is 0.983. The summed E-state index contributed by atoms with van der Waals surface area (Å²) in [4.78, 5) is 16.7. The molecule has 1 aromatic carbocycles. The molecule has 0 bridgehead atoms. The number of nitrogens with zero attached hydrogens (tertiary/aromatic N) is 3. The van der Waals surface area contributed by atoms with E-state index in [9.17, 15) is 4.79 Å². The van der Waals surface area contributed by atoms with Crippen LogP contribution in [0.4, 0.5) is 0 Å². The Bertz CT molecular complexity index is 794. The van der Waals surface area contributed by atoms with E-state index in [1.54, 1.807) is 3.96 Å². The van der Waals surface area contributed by atoms with Crippen molar-refractivity contribution in [1.29, 1.82) is 0 Å². The largest absolute Gasteiger partial charge is 0.330 e. The molecule has 1 aliphatic carbocycles. The van der Waals surface area contributed by atoms with Gasteiger partial charge in [0.1, 0.15) is 5.82 Å². The number of imidazole rings is 1. The van der Waals surface area contributed by atoms with Crippen molar-refractivity contribution < 1.29 is 0 Å². The zero-order valence-electron chi connectivity index (χ0n) is 10.3. The van der Waals surface area contributed by atoms with Crippen molar-refractivity contribution in [3.05, 3.63) is 52.8 Å². The predicted octanol–water partition coefficient (Wildman–Crippen LogP) is 2.64. The molecular weight excluding hydrogens is 258 g/mol. The molecule has 1 aliphatic rings. The van der Waals surface area contributed by atoms with Crippen molar-refractivity contribution in [2.45, 2.75) is 25.4 Å². The first-order chi connectivity index (χ1) is 9.33. The highest BCUT2D eigenvalue weighted by atomic mass is 32.1. The van der Waals surface area contributed by atoms with E-state index in [1.165, 1.54) is 24.4 Å². The van der Waals surface area contributed by atoms with Gasteiger partial charge in [0.2, 0.25) is 0 Å². The third kappa shape index (κ3) is 1.81. The number of rotatable bonds is 3. The normalized spacial score (nSPS) is 15.2. The van der Waals surface area contributed by atoms with Gasteiger partial charge in [0.05, 0.1) is 16.6 Å². The van der Waals surface area contributed by atoms with E-state index in [4.69, 9.17) is 0 Å². The quantitative estimate of drug-likeness (QED) is 0.734. The second-order valence-electron chi connectivity index (χ2n) is 4.91. The molecule has 4 nitrogen and oxygen atoms in total. The van der Waals surface area contributed by atoms with Crippen LogP contribution in [0.1, 0.15) is 24.7 Å². The Hall–Kier alpha value is -1.88. The maximum Gasteiger partial charge on any atom is 0.268 e. The van der Waals surface area contributed by atoms with Gasteiger partial charge in [-0.1, -0.05) is 23.7 Å². The lowest BCUT2D eigenvalue weighted by Crippen LogP contribution is -2.16. The monoisotopic (exact) mass is 271 g/mol. The lowest BCUT2D eigenvalue weighted by atomic mass is 10.3. The molecule has 0 saturated heterocycles. The van der Waals surface area contributed by atoms with E-state index < -0.39 is 0 Å². The van der Waals surface area contributed by atoms with Gasteiger partial charge in [-0.15, -0.1) is 0 Å². The van der Waals surface area contributed by atoms with E-state index in [0.717, 1.165) is 15.9 Å². The van der Waals surface area contributed by atoms with Gasteiger partial charge in [-0.2, -0.15) is 0 Å². The summed E-state index contributed by atoms with van der Waals surface area (Å²) in [5, 5.41) is 0.803. The fourth-order valence-corrected chi connectivity index (χ4v) is 3.39. The Kier molecular flexibility index (Phi) is 2.35. The van der Waals surface area contributed by atoms with Crippen LogP contribution in [0.3, 0.4) is 0 Å². The summed E-state index contributed by atoms with van der Waals surface area (Å²) >= 11 is 1.51. The van der Waals surface area contributed by atoms with Crippen molar-refractivity contribution in [2.24, 2.45) is 0 Å². The van der Waals surface area contributed by atoms with Crippen molar-refractivity contribution in [2.75, 3.05) is 0 Å². The van der Waals surface area contributed by atoms with E-state index in [1.807, 2.05) is 36.7 Å². The first-order valence-electron chi connectivity index (χ1n) is 6.43. The molecule has 2 heterocycles. The van der Waals surface area contributed by atoms with E-state index in [2.05, 4.69) is 9.55 Å². The average molecular weight is 271 g/mol. The number of fused-ring (bicyclic) bond motifs is 1. The topological polar surface area (TPSA) is 39.8 Å². The van der Waals surface area contributed by atoms with Crippen LogP contribution in [-0.2, 0) is 6.54 Å². The van der Waals surface area contributed by atoms with Crippen molar-refractivity contribution in [3.63, 3.8) is 0 Å². The van der Waals surface area contributed by atoms with Crippen LogP contribution in [0, 0.1) is 0 Å². The van der Waals surface area contributed by atoms with Gasteiger partial charge < -0.3 is 4.57 Å². The number of hydrogen-bond acceptors (Lipinski definition) is 3. The highest BCUT2D eigenvalue weighted by molar-refractivity contribution is 7.13. The molecule has 0 N–H and O–H groups in total. The van der Waals surface area contributed by atoms with Crippen molar-refractivity contribution >= 4 is 21.6 Å². The highest BCUT2D eigenvalue weighted by Gasteiger charge is 2.25. The summed E-state index contributed by atoms with van der Waals surface area (Å²) in [5.41, 5.74) is 0.0888. The number of benzene rings is 1. The smallest absolute Gasteiger partial charge is 0.268 e. The second kappa shape index (κ2) is 4.06. The van der Waals surface area contributed by atoms with Crippen molar-refractivity contribution in [3.8, 4) is 0 Å². The van der Waals surface area contributed by atoms with Crippen LogP contribution in [0.2, 0.25) is 0 Å². The lowest BCUT2D eigenvalue weighted by Gasteiger charge is -2.05. The average Bonchev–Trinajstić information content (AvgIpc) is 3.10. The van der Waals surface area contributed by atoms with Crippen molar-refractivity contribution in [1.82, 2.24) is 13.5 Å². The van der Waals surface area contributed by atoms with Crippen LogP contribution in [0.25, 0.3) is 10.1 Å². The Morgan fingerprint density at radius 3 is 2.95 bits per heavy atom. The Morgan fingerprint density at radius 2 is 2.16 bits per heavy atom. The fraction of sp³-hybridized carbons (Fsp3) is 0.286. The Labute approximate surface area is 114 Å². The van der Waals surface area contributed by atoms with Crippen LogP contribution >= 0.6 is 11.5 Å². The van der Waals surface area contributed by atoms with E-state index >= 15 is 0 Å². The Balaban J connectivity index is 1.76. The molecule has 3 aromatic rings. The van der Waals surface area contributed by atoms with Gasteiger partial charge >= 0.3 is 0 Å². The first kappa shape index (κ1) is 11.0. The van der Waals surface area contributed by atoms with E-state index in [0.29, 0.717) is 12.6 Å². The molecule has 2 aromatic heterocycles. The minimum absolute atomic E-state index is 0.0888. The third-order valence-corrected chi connectivity index (χ3v) is 4.59. The molecule has 0 unspecified atom stereocenters. The van der Waals surface area contributed by atoms with Gasteiger partial charge in [0.25, 0.3) is 5.56 Å². The highest BCUT2D eigenvalue weighted by Crippen LogP contribution is 2.35. The molecule has 4 rings (SSSR count). The SMILES string of the molecule is O=c1c2ccccc2sn1Cc1nccn1C1CC1. The second-order valence-corrected chi connectivity index (χ2v) is 5.97. The van der Waals surface area contributed by atoms with Gasteiger partial charge in [-0.3, -0.25) is 8.75 Å². The van der Waals surface area contributed by atoms with Crippen LogP contribution in [-0.4, -0.2) is 13.5 Å². The summed E-state index contributed by atoms with van der Waals surface area (Å²) in [6, 6.07) is 8.35. The molecule has 1 fully saturated rings. The summed E-state index contributed by atoms with van der Waals surface area (Å²) in [6.45, 7) is 0.571. The molecule has 0 radical (unpaired) electrons. The predicted molar refractivity (Wildman–Crippen MR) is 75.7 cm³/mol. The molecule has 0 amide bonds. The van der Waals surface area contributed by atoms with Crippen LogP contribution in [0.5, 0.6) is 0 Å². The number of hydrogen-bond donors (Lipinski definition) is 0. The summed E-state index contributed by atoms with van der Waals surface area (Å²) in [6.07, 6.45) is 6.30. The molecule has 0 aliphatic heterocycles. The zero-order valence-corrected chi connectivity index (χ0v) is 11.1. The molecule has 1 saturated carbocycles. The third-order valence-electron chi connectivity index (χ3n) is 3.53. The number of aromatic nitrogens is 3. The fourth-order valence-electron chi connectivity index (χ4n) is 2.40. The van der Waals surface area contributed by atoms with Gasteiger partial charge in [0, 0.05) is 18.4 Å². The first-order valence-corrected chi connectivity index (χ1v) is 7.21. The minimum Gasteiger partial charge on any atom is -0.330 e. The maximum absolute atomic E-state index is 12.3. The summed E-state index contributed by atoms with van der Waals surface area (Å²) < 4.78 is 5.04.